The Hall–Kier alpha value is -0.860. The molecule has 0 spiro atoms. The predicted octanol–water partition coefficient (Wildman–Crippen LogP) is 3.15. The van der Waals surface area contributed by atoms with E-state index in [0.29, 0.717) is 12.1 Å². The number of hydrogen-bond donors (Lipinski definition) is 1. The maximum Gasteiger partial charge on any atom is 0.0800 e. The lowest BCUT2D eigenvalue weighted by molar-refractivity contribution is -0.143. The fourth-order valence-corrected chi connectivity index (χ4v) is 2.66. The van der Waals surface area contributed by atoms with Crippen molar-refractivity contribution in [3.8, 4) is 0 Å². The summed E-state index contributed by atoms with van der Waals surface area (Å²) in [6.45, 7) is 6.69. The SMILES string of the molecule is CNC1CC(OC(C)c2ccccc2)C1(C)C. The minimum atomic E-state index is 0.179. The Morgan fingerprint density at radius 1 is 1.29 bits per heavy atom. The Balaban J connectivity index is 1.95. The highest BCUT2D eigenvalue weighted by molar-refractivity contribution is 5.17. The van der Waals surface area contributed by atoms with Crippen LogP contribution in [-0.2, 0) is 4.74 Å². The molecule has 1 aliphatic rings. The van der Waals surface area contributed by atoms with Crippen LogP contribution in [0.25, 0.3) is 0 Å². The third-order valence-corrected chi connectivity index (χ3v) is 4.16. The van der Waals surface area contributed by atoms with Gasteiger partial charge in [0.15, 0.2) is 0 Å². The third kappa shape index (κ3) is 2.38. The van der Waals surface area contributed by atoms with Crippen molar-refractivity contribution in [3.05, 3.63) is 35.9 Å². The van der Waals surface area contributed by atoms with Crippen LogP contribution in [0, 0.1) is 5.41 Å². The highest BCUT2D eigenvalue weighted by atomic mass is 16.5. The predicted molar refractivity (Wildman–Crippen MR) is 71.0 cm³/mol. The molecule has 0 heterocycles. The number of ether oxygens (including phenoxy) is 1. The van der Waals surface area contributed by atoms with E-state index in [4.69, 9.17) is 4.74 Å². The molecule has 0 aliphatic heterocycles. The minimum absolute atomic E-state index is 0.179. The molecule has 1 aromatic rings. The second-order valence-electron chi connectivity index (χ2n) is 5.58. The van der Waals surface area contributed by atoms with Crippen molar-refractivity contribution in [1.82, 2.24) is 5.32 Å². The Labute approximate surface area is 104 Å². The van der Waals surface area contributed by atoms with Crippen LogP contribution in [0.15, 0.2) is 30.3 Å². The van der Waals surface area contributed by atoms with E-state index in [0.717, 1.165) is 6.42 Å². The summed E-state index contributed by atoms with van der Waals surface area (Å²) in [6.07, 6.45) is 1.65. The van der Waals surface area contributed by atoms with Gasteiger partial charge in [0.2, 0.25) is 0 Å². The van der Waals surface area contributed by atoms with Crippen molar-refractivity contribution in [3.63, 3.8) is 0 Å². The minimum Gasteiger partial charge on any atom is -0.370 e. The van der Waals surface area contributed by atoms with Crippen LogP contribution < -0.4 is 5.32 Å². The van der Waals surface area contributed by atoms with Crippen molar-refractivity contribution in [2.75, 3.05) is 7.05 Å². The number of rotatable bonds is 4. The lowest BCUT2D eigenvalue weighted by Crippen LogP contribution is -2.60. The fraction of sp³-hybridized carbons (Fsp3) is 0.600. The third-order valence-electron chi connectivity index (χ3n) is 4.16. The molecule has 0 aromatic heterocycles. The first kappa shape index (κ1) is 12.6. The van der Waals surface area contributed by atoms with Crippen LogP contribution in [0.3, 0.4) is 0 Å². The molecular formula is C15H23NO. The molecule has 1 saturated carbocycles. The monoisotopic (exact) mass is 233 g/mol. The van der Waals surface area contributed by atoms with Crippen LogP contribution >= 0.6 is 0 Å². The van der Waals surface area contributed by atoms with Crippen molar-refractivity contribution in [2.45, 2.75) is 45.4 Å². The maximum atomic E-state index is 6.18. The Morgan fingerprint density at radius 2 is 1.94 bits per heavy atom. The topological polar surface area (TPSA) is 21.3 Å². The van der Waals surface area contributed by atoms with Gasteiger partial charge >= 0.3 is 0 Å². The molecule has 1 fully saturated rings. The summed E-state index contributed by atoms with van der Waals surface area (Å²) >= 11 is 0. The molecule has 94 valence electrons. The molecule has 2 heteroatoms. The van der Waals surface area contributed by atoms with Gasteiger partial charge in [0.1, 0.15) is 0 Å². The maximum absolute atomic E-state index is 6.18. The van der Waals surface area contributed by atoms with E-state index in [9.17, 15) is 0 Å². The lowest BCUT2D eigenvalue weighted by atomic mass is 9.64. The molecule has 2 nitrogen and oxygen atoms in total. The van der Waals surface area contributed by atoms with Gasteiger partial charge < -0.3 is 10.1 Å². The van der Waals surface area contributed by atoms with Crippen LogP contribution in [0.5, 0.6) is 0 Å². The van der Waals surface area contributed by atoms with Gasteiger partial charge in [0, 0.05) is 11.5 Å². The fourth-order valence-electron chi connectivity index (χ4n) is 2.66. The van der Waals surface area contributed by atoms with E-state index < -0.39 is 0 Å². The van der Waals surface area contributed by atoms with Crippen LogP contribution in [0.2, 0.25) is 0 Å². The van der Waals surface area contributed by atoms with Gasteiger partial charge in [-0.05, 0) is 26.0 Å². The Morgan fingerprint density at radius 3 is 2.47 bits per heavy atom. The summed E-state index contributed by atoms with van der Waals surface area (Å²) in [5.74, 6) is 0. The summed E-state index contributed by atoms with van der Waals surface area (Å²) in [4.78, 5) is 0. The van der Waals surface area contributed by atoms with E-state index in [1.165, 1.54) is 5.56 Å². The number of benzene rings is 1. The Kier molecular flexibility index (Phi) is 3.55. The molecule has 17 heavy (non-hydrogen) atoms. The highest BCUT2D eigenvalue weighted by Crippen LogP contribution is 2.44. The summed E-state index contributed by atoms with van der Waals surface area (Å²) in [5, 5.41) is 3.35. The quantitative estimate of drug-likeness (QED) is 0.862. The van der Waals surface area contributed by atoms with Gasteiger partial charge in [0.05, 0.1) is 12.2 Å². The second-order valence-corrected chi connectivity index (χ2v) is 5.58. The van der Waals surface area contributed by atoms with Crippen LogP contribution in [-0.4, -0.2) is 19.2 Å². The first-order valence-corrected chi connectivity index (χ1v) is 6.43. The average Bonchev–Trinajstić information content (AvgIpc) is 2.34. The zero-order valence-corrected chi connectivity index (χ0v) is 11.2. The van der Waals surface area contributed by atoms with Gasteiger partial charge in [-0.3, -0.25) is 0 Å². The molecule has 0 saturated heterocycles. The first-order valence-electron chi connectivity index (χ1n) is 6.43. The van der Waals surface area contributed by atoms with E-state index in [2.05, 4.69) is 50.4 Å². The largest absolute Gasteiger partial charge is 0.370 e. The summed E-state index contributed by atoms with van der Waals surface area (Å²) < 4.78 is 6.18. The number of nitrogens with one attached hydrogen (secondary N) is 1. The average molecular weight is 233 g/mol. The molecule has 0 amide bonds. The molecule has 3 atom stereocenters. The number of hydrogen-bond acceptors (Lipinski definition) is 2. The standard InChI is InChI=1S/C15H23NO/c1-11(12-8-6-5-7-9-12)17-14-10-13(16-4)15(14,2)3/h5-9,11,13-14,16H,10H2,1-4H3. The van der Waals surface area contributed by atoms with Gasteiger partial charge in [-0.15, -0.1) is 0 Å². The highest BCUT2D eigenvalue weighted by Gasteiger charge is 2.48. The molecule has 1 aromatic carbocycles. The van der Waals surface area contributed by atoms with Gasteiger partial charge in [-0.1, -0.05) is 44.2 Å². The summed E-state index contributed by atoms with van der Waals surface area (Å²) in [7, 11) is 2.03. The van der Waals surface area contributed by atoms with Crippen molar-refractivity contribution in [1.29, 1.82) is 0 Å². The van der Waals surface area contributed by atoms with Crippen LogP contribution in [0.4, 0.5) is 0 Å². The van der Waals surface area contributed by atoms with Crippen molar-refractivity contribution < 1.29 is 4.74 Å². The normalized spacial score (nSPS) is 28.5. The summed E-state index contributed by atoms with van der Waals surface area (Å²) in [5.41, 5.74) is 1.49. The molecule has 3 unspecified atom stereocenters. The Bertz CT molecular complexity index is 360. The molecular weight excluding hydrogens is 210 g/mol. The van der Waals surface area contributed by atoms with Gasteiger partial charge in [-0.25, -0.2) is 0 Å². The van der Waals surface area contributed by atoms with E-state index >= 15 is 0 Å². The zero-order valence-electron chi connectivity index (χ0n) is 11.2. The van der Waals surface area contributed by atoms with Gasteiger partial charge in [-0.2, -0.15) is 0 Å². The van der Waals surface area contributed by atoms with E-state index in [1.807, 2.05) is 13.1 Å². The summed E-state index contributed by atoms with van der Waals surface area (Å²) in [6, 6.07) is 11.0. The molecule has 2 rings (SSSR count). The molecule has 1 N–H and O–H groups in total. The lowest BCUT2D eigenvalue weighted by Gasteiger charge is -2.52. The van der Waals surface area contributed by atoms with E-state index in [-0.39, 0.29) is 11.5 Å². The van der Waals surface area contributed by atoms with E-state index in [1.54, 1.807) is 0 Å². The second kappa shape index (κ2) is 4.79. The smallest absolute Gasteiger partial charge is 0.0800 e. The zero-order chi connectivity index (χ0) is 12.5. The molecule has 0 bridgehead atoms. The van der Waals surface area contributed by atoms with Crippen LogP contribution in [0.1, 0.15) is 38.9 Å². The first-order chi connectivity index (χ1) is 8.05. The molecule has 1 aliphatic carbocycles. The van der Waals surface area contributed by atoms with Crippen molar-refractivity contribution in [2.24, 2.45) is 5.41 Å². The molecule has 0 radical (unpaired) electrons. The van der Waals surface area contributed by atoms with Gasteiger partial charge in [0.25, 0.3) is 0 Å². The van der Waals surface area contributed by atoms with Crippen molar-refractivity contribution >= 4 is 0 Å².